The highest BCUT2D eigenvalue weighted by atomic mass is 32.1. The highest BCUT2D eigenvalue weighted by molar-refractivity contribution is 7.21. The maximum Gasteiger partial charge on any atom is 0.268 e. The summed E-state index contributed by atoms with van der Waals surface area (Å²) in [7, 11) is -1.03. The molecule has 3 aromatic rings. The van der Waals surface area contributed by atoms with Crippen LogP contribution in [0.3, 0.4) is 0 Å². The van der Waals surface area contributed by atoms with Gasteiger partial charge in [-0.05, 0) is 18.9 Å². The Balaban J connectivity index is 1.47. The summed E-state index contributed by atoms with van der Waals surface area (Å²) in [5, 5.41) is 4.22. The number of hydrogen-bond acceptors (Lipinski definition) is 3. The first-order chi connectivity index (χ1) is 12.5. The number of H-pyrrole nitrogens is 1. The van der Waals surface area contributed by atoms with Crippen LogP contribution in [0.4, 0.5) is 0 Å². The Hall–Kier alpha value is -1.92. The Morgan fingerprint density at radius 1 is 1.23 bits per heavy atom. The molecule has 2 N–H and O–H groups in total. The van der Waals surface area contributed by atoms with Crippen LogP contribution < -0.4 is 5.32 Å². The first-order valence-electron chi connectivity index (χ1n) is 9.36. The number of thiazole rings is 1. The zero-order chi connectivity index (χ0) is 18.1. The Kier molecular flexibility index (Phi) is 4.71. The molecule has 1 saturated heterocycles. The van der Waals surface area contributed by atoms with Gasteiger partial charge in [-0.25, -0.2) is 4.98 Å². The minimum atomic E-state index is -1.03. The Labute approximate surface area is 159 Å². The molecule has 1 amide bonds. The van der Waals surface area contributed by atoms with Crippen LogP contribution in [0.2, 0.25) is 25.2 Å². The standard InChI is InChI=1S/C20H25N3OSSi/c1-26(2)11-6-9-15(10-12-26)21-19(24)16-13-17-18(22-16)23-20(25-17)14-7-4-3-5-8-14/h3-5,7-8,13,15,22H,6,9-12H2,1-2H3,(H,21,24)/t15-/m1/s1. The number of amides is 1. The van der Waals surface area contributed by atoms with Crippen LogP contribution in [-0.2, 0) is 0 Å². The number of carbonyl (C=O) groups is 1. The zero-order valence-corrected chi connectivity index (χ0v) is 17.2. The minimum Gasteiger partial charge on any atom is -0.348 e. The maximum atomic E-state index is 12.7. The zero-order valence-electron chi connectivity index (χ0n) is 15.3. The summed E-state index contributed by atoms with van der Waals surface area (Å²) in [6, 6.07) is 15.1. The molecule has 1 aliphatic heterocycles. The SMILES string of the molecule is C[Si]1(C)CCC[C@@H](NC(=O)c2cc3sc(-c4ccccc4)nc3[nH]2)CC1. The molecule has 26 heavy (non-hydrogen) atoms. The van der Waals surface area contributed by atoms with Crippen LogP contribution >= 0.6 is 11.3 Å². The van der Waals surface area contributed by atoms with Gasteiger partial charge in [0.25, 0.3) is 5.91 Å². The van der Waals surface area contributed by atoms with Crippen LogP contribution in [0.15, 0.2) is 36.4 Å². The second kappa shape index (κ2) is 7.00. The minimum absolute atomic E-state index is 0.00262. The number of fused-ring (bicyclic) bond motifs is 1. The van der Waals surface area contributed by atoms with Gasteiger partial charge < -0.3 is 10.3 Å². The van der Waals surface area contributed by atoms with Crippen LogP contribution in [-0.4, -0.2) is 30.0 Å². The van der Waals surface area contributed by atoms with Crippen molar-refractivity contribution in [2.24, 2.45) is 0 Å². The first-order valence-corrected chi connectivity index (χ1v) is 13.6. The normalized spacial score (nSPS) is 20.0. The average molecular weight is 384 g/mol. The summed E-state index contributed by atoms with van der Waals surface area (Å²) in [5.41, 5.74) is 2.53. The number of nitrogens with zero attached hydrogens (tertiary/aromatic N) is 1. The summed E-state index contributed by atoms with van der Waals surface area (Å²) in [5.74, 6) is 0.00262. The van der Waals surface area contributed by atoms with Gasteiger partial charge in [-0.2, -0.15) is 0 Å². The predicted molar refractivity (Wildman–Crippen MR) is 112 cm³/mol. The molecule has 2 aromatic heterocycles. The highest BCUT2D eigenvalue weighted by Crippen LogP contribution is 2.31. The molecule has 1 atom stereocenters. The molecule has 4 nitrogen and oxygen atoms in total. The Morgan fingerprint density at radius 3 is 2.81 bits per heavy atom. The van der Waals surface area contributed by atoms with Crippen LogP contribution in [0.1, 0.15) is 29.8 Å². The highest BCUT2D eigenvalue weighted by Gasteiger charge is 2.27. The largest absolute Gasteiger partial charge is 0.348 e. The molecule has 4 rings (SSSR count). The van der Waals surface area contributed by atoms with E-state index in [-0.39, 0.29) is 5.91 Å². The summed E-state index contributed by atoms with van der Waals surface area (Å²) >= 11 is 1.62. The monoisotopic (exact) mass is 383 g/mol. The van der Waals surface area contributed by atoms with E-state index in [0.29, 0.717) is 11.7 Å². The Bertz CT molecular complexity index is 884. The van der Waals surface area contributed by atoms with E-state index in [1.165, 1.54) is 18.5 Å². The van der Waals surface area contributed by atoms with Crippen molar-refractivity contribution in [1.29, 1.82) is 0 Å². The number of benzene rings is 1. The van der Waals surface area contributed by atoms with E-state index in [2.05, 4.69) is 40.5 Å². The molecular formula is C20H25N3OSSi. The van der Waals surface area contributed by atoms with Gasteiger partial charge in [-0.3, -0.25) is 4.79 Å². The smallest absolute Gasteiger partial charge is 0.268 e. The van der Waals surface area contributed by atoms with E-state index in [1.807, 2.05) is 24.3 Å². The molecule has 6 heteroatoms. The number of aromatic nitrogens is 2. The third-order valence-electron chi connectivity index (χ3n) is 5.36. The topological polar surface area (TPSA) is 57.8 Å². The fourth-order valence-corrected chi connectivity index (χ4v) is 7.22. The Morgan fingerprint density at radius 2 is 2.04 bits per heavy atom. The number of nitrogens with one attached hydrogen (secondary N) is 2. The molecule has 0 unspecified atom stereocenters. The molecule has 0 radical (unpaired) electrons. The molecule has 0 saturated carbocycles. The van der Waals surface area contributed by atoms with Gasteiger partial charge in [0.15, 0.2) is 0 Å². The number of rotatable bonds is 3. The lowest BCUT2D eigenvalue weighted by Gasteiger charge is -2.19. The molecule has 1 aliphatic rings. The van der Waals surface area contributed by atoms with Crippen LogP contribution in [0.25, 0.3) is 20.9 Å². The lowest BCUT2D eigenvalue weighted by molar-refractivity contribution is 0.0930. The molecule has 1 fully saturated rings. The van der Waals surface area contributed by atoms with Crippen molar-refractivity contribution in [2.75, 3.05) is 0 Å². The van der Waals surface area contributed by atoms with Gasteiger partial charge in [-0.1, -0.05) is 61.9 Å². The number of carbonyl (C=O) groups excluding carboxylic acids is 1. The molecule has 0 spiro atoms. The molecule has 3 heterocycles. The number of hydrogen-bond donors (Lipinski definition) is 2. The van der Waals surface area contributed by atoms with Gasteiger partial charge in [0.1, 0.15) is 16.3 Å². The predicted octanol–water partition coefficient (Wildman–Crippen LogP) is 5.28. The summed E-state index contributed by atoms with van der Waals surface area (Å²) in [6.45, 7) is 4.93. The van der Waals surface area contributed by atoms with Crippen molar-refractivity contribution in [3.8, 4) is 10.6 Å². The second-order valence-electron chi connectivity index (χ2n) is 8.05. The first kappa shape index (κ1) is 17.5. The summed E-state index contributed by atoms with van der Waals surface area (Å²) in [6.07, 6.45) is 3.47. The van der Waals surface area contributed by atoms with E-state index in [4.69, 9.17) is 0 Å². The van der Waals surface area contributed by atoms with E-state index in [0.717, 1.165) is 33.8 Å². The summed E-state index contributed by atoms with van der Waals surface area (Å²) in [4.78, 5) is 20.5. The lowest BCUT2D eigenvalue weighted by atomic mass is 10.1. The van der Waals surface area contributed by atoms with Crippen molar-refractivity contribution in [3.63, 3.8) is 0 Å². The maximum absolute atomic E-state index is 12.7. The van der Waals surface area contributed by atoms with Gasteiger partial charge >= 0.3 is 0 Å². The molecule has 136 valence electrons. The summed E-state index contributed by atoms with van der Waals surface area (Å²) < 4.78 is 1.03. The fraction of sp³-hybridized carbons (Fsp3) is 0.400. The van der Waals surface area contributed by atoms with Crippen LogP contribution in [0.5, 0.6) is 0 Å². The van der Waals surface area contributed by atoms with Crippen molar-refractivity contribution in [1.82, 2.24) is 15.3 Å². The molecule has 0 bridgehead atoms. The second-order valence-corrected chi connectivity index (χ2v) is 14.4. The molecular weight excluding hydrogens is 358 g/mol. The van der Waals surface area contributed by atoms with Crippen molar-refractivity contribution >= 4 is 35.7 Å². The fourth-order valence-electron chi connectivity index (χ4n) is 3.71. The molecule has 0 aliphatic carbocycles. The van der Waals surface area contributed by atoms with E-state index < -0.39 is 8.07 Å². The lowest BCUT2D eigenvalue weighted by Crippen LogP contribution is -2.35. The molecule has 1 aromatic carbocycles. The van der Waals surface area contributed by atoms with Gasteiger partial charge in [0, 0.05) is 19.7 Å². The van der Waals surface area contributed by atoms with Crippen LogP contribution in [0, 0.1) is 0 Å². The van der Waals surface area contributed by atoms with Crippen molar-refractivity contribution < 1.29 is 4.79 Å². The van der Waals surface area contributed by atoms with Gasteiger partial charge in [-0.15, -0.1) is 11.3 Å². The third kappa shape index (κ3) is 3.76. The third-order valence-corrected chi connectivity index (χ3v) is 9.76. The van der Waals surface area contributed by atoms with Crippen molar-refractivity contribution in [3.05, 3.63) is 42.1 Å². The van der Waals surface area contributed by atoms with E-state index >= 15 is 0 Å². The van der Waals surface area contributed by atoms with Gasteiger partial charge in [0.05, 0.1) is 4.70 Å². The van der Waals surface area contributed by atoms with E-state index in [9.17, 15) is 4.79 Å². The quantitative estimate of drug-likeness (QED) is 0.604. The average Bonchev–Trinajstić information content (AvgIpc) is 3.14. The van der Waals surface area contributed by atoms with Gasteiger partial charge in [0.2, 0.25) is 0 Å². The number of aromatic amines is 1. The van der Waals surface area contributed by atoms with Crippen molar-refractivity contribution in [2.45, 2.75) is 50.5 Å². The van der Waals surface area contributed by atoms with E-state index in [1.54, 1.807) is 11.3 Å².